The first kappa shape index (κ1) is 8.59. The van der Waals surface area contributed by atoms with Crippen molar-refractivity contribution < 1.29 is 0 Å². The van der Waals surface area contributed by atoms with Crippen LogP contribution in [-0.2, 0) is 0 Å². The van der Waals surface area contributed by atoms with Gasteiger partial charge in [0.1, 0.15) is 0 Å². The highest BCUT2D eigenvalue weighted by molar-refractivity contribution is 5.04. The number of hydrogen-bond donors (Lipinski definition) is 0. The van der Waals surface area contributed by atoms with Crippen LogP contribution in [0.15, 0.2) is 0 Å². The van der Waals surface area contributed by atoms with E-state index in [9.17, 15) is 0 Å². The first-order valence-corrected chi connectivity index (χ1v) is 5.69. The van der Waals surface area contributed by atoms with Crippen molar-refractivity contribution in [3.05, 3.63) is 0 Å². The molecule has 2 aliphatic rings. The van der Waals surface area contributed by atoms with E-state index in [1.165, 1.54) is 25.7 Å². The topological polar surface area (TPSA) is 0 Å². The maximum Gasteiger partial charge on any atom is -0.0264 e. The van der Waals surface area contributed by atoms with Crippen LogP contribution in [0.5, 0.6) is 0 Å². The van der Waals surface area contributed by atoms with E-state index < -0.39 is 0 Å². The van der Waals surface area contributed by atoms with Crippen LogP contribution in [0.2, 0.25) is 0 Å². The monoisotopic (exact) mass is 166 g/mol. The van der Waals surface area contributed by atoms with Gasteiger partial charge in [-0.25, -0.2) is 0 Å². The Balaban J connectivity index is 2.09. The van der Waals surface area contributed by atoms with E-state index in [1.807, 2.05) is 0 Å². The maximum atomic E-state index is 2.48. The molecule has 2 aliphatic carbocycles. The molecule has 0 aromatic heterocycles. The minimum Gasteiger partial charge on any atom is -0.0654 e. The molecule has 70 valence electrons. The maximum absolute atomic E-state index is 2.48. The molecule has 0 heterocycles. The molecule has 2 fully saturated rings. The lowest BCUT2D eigenvalue weighted by atomic mass is 9.58. The highest BCUT2D eigenvalue weighted by Gasteiger charge is 2.54. The number of rotatable bonds is 2. The quantitative estimate of drug-likeness (QED) is 0.584. The van der Waals surface area contributed by atoms with Crippen LogP contribution in [0.4, 0.5) is 0 Å². The van der Waals surface area contributed by atoms with Gasteiger partial charge in [-0.1, -0.05) is 27.2 Å². The zero-order valence-corrected chi connectivity index (χ0v) is 8.77. The third-order valence-corrected chi connectivity index (χ3v) is 4.75. The van der Waals surface area contributed by atoms with Gasteiger partial charge in [0.15, 0.2) is 0 Å². The molecule has 0 nitrogen and oxygen atoms in total. The SMILES string of the molecule is CCC[C@]12CC[C@H]1C(C)C(C)C2. The molecular weight excluding hydrogens is 144 g/mol. The highest BCUT2D eigenvalue weighted by Crippen LogP contribution is 2.64. The van der Waals surface area contributed by atoms with Gasteiger partial charge in [0.25, 0.3) is 0 Å². The lowest BCUT2D eigenvalue weighted by Crippen LogP contribution is -2.37. The molecule has 0 aromatic carbocycles. The second kappa shape index (κ2) is 2.75. The van der Waals surface area contributed by atoms with Gasteiger partial charge in [-0.2, -0.15) is 0 Å². The van der Waals surface area contributed by atoms with Crippen LogP contribution in [0.3, 0.4) is 0 Å². The highest BCUT2D eigenvalue weighted by atomic mass is 14.6. The van der Waals surface area contributed by atoms with Crippen molar-refractivity contribution >= 4 is 0 Å². The molecule has 0 aliphatic heterocycles. The molecule has 2 unspecified atom stereocenters. The van der Waals surface area contributed by atoms with E-state index in [4.69, 9.17) is 0 Å². The summed E-state index contributed by atoms with van der Waals surface area (Å²) >= 11 is 0. The predicted octanol–water partition coefficient (Wildman–Crippen LogP) is 3.86. The van der Waals surface area contributed by atoms with Gasteiger partial charge in [0, 0.05) is 0 Å². The second-order valence-electron chi connectivity index (χ2n) is 5.30. The van der Waals surface area contributed by atoms with E-state index in [0.717, 1.165) is 23.2 Å². The van der Waals surface area contributed by atoms with Crippen LogP contribution in [-0.4, -0.2) is 0 Å². The number of fused-ring (bicyclic) bond motifs is 1. The molecule has 0 bridgehead atoms. The van der Waals surface area contributed by atoms with Crippen molar-refractivity contribution in [2.45, 2.75) is 52.9 Å². The Labute approximate surface area is 76.7 Å². The van der Waals surface area contributed by atoms with Gasteiger partial charge in [-0.15, -0.1) is 0 Å². The minimum atomic E-state index is 0.827. The van der Waals surface area contributed by atoms with Gasteiger partial charge in [0.05, 0.1) is 0 Å². The molecule has 0 aromatic rings. The molecular formula is C12H22. The summed E-state index contributed by atoms with van der Waals surface area (Å²) < 4.78 is 0. The summed E-state index contributed by atoms with van der Waals surface area (Å²) in [6, 6.07) is 0. The Morgan fingerprint density at radius 2 is 2.08 bits per heavy atom. The summed E-state index contributed by atoms with van der Waals surface area (Å²) in [7, 11) is 0. The lowest BCUT2D eigenvalue weighted by molar-refractivity contribution is 0.0331. The summed E-state index contributed by atoms with van der Waals surface area (Å²) in [5.74, 6) is 3.13. The molecule has 12 heavy (non-hydrogen) atoms. The third kappa shape index (κ3) is 0.963. The van der Waals surface area contributed by atoms with Gasteiger partial charge in [-0.3, -0.25) is 0 Å². The van der Waals surface area contributed by atoms with Crippen LogP contribution in [0.1, 0.15) is 52.9 Å². The molecule has 0 N–H and O–H groups in total. The summed E-state index contributed by atoms with van der Waals surface area (Å²) in [4.78, 5) is 0. The molecule has 0 heteroatoms. The largest absolute Gasteiger partial charge is 0.0654 e. The summed E-state index contributed by atoms with van der Waals surface area (Å²) in [5, 5.41) is 0. The van der Waals surface area contributed by atoms with Crippen molar-refractivity contribution in [3.63, 3.8) is 0 Å². The van der Waals surface area contributed by atoms with Crippen molar-refractivity contribution in [3.8, 4) is 0 Å². The fourth-order valence-electron chi connectivity index (χ4n) is 3.93. The second-order valence-corrected chi connectivity index (χ2v) is 5.30. The minimum absolute atomic E-state index is 0.827. The Bertz CT molecular complexity index is 173. The van der Waals surface area contributed by atoms with Crippen LogP contribution in [0, 0.1) is 23.2 Å². The molecule has 0 radical (unpaired) electrons. The standard InChI is InChI=1S/C12H22/c1-4-6-12-7-5-11(12)10(3)9(2)8-12/h9-11H,4-8H2,1-3H3/t9?,10?,11-,12+/m0/s1. The Morgan fingerprint density at radius 1 is 1.33 bits per heavy atom. The van der Waals surface area contributed by atoms with E-state index in [2.05, 4.69) is 20.8 Å². The average Bonchev–Trinajstić information content (AvgIpc) is 2.13. The Kier molecular flexibility index (Phi) is 1.97. The van der Waals surface area contributed by atoms with E-state index in [0.29, 0.717) is 0 Å². The zero-order chi connectivity index (χ0) is 8.77. The van der Waals surface area contributed by atoms with Gasteiger partial charge < -0.3 is 0 Å². The van der Waals surface area contributed by atoms with Crippen LogP contribution in [0.25, 0.3) is 0 Å². The fourth-order valence-corrected chi connectivity index (χ4v) is 3.93. The smallest absolute Gasteiger partial charge is 0.0264 e. The Hall–Kier alpha value is 0. The first-order chi connectivity index (χ1) is 5.69. The molecule has 2 rings (SSSR count). The van der Waals surface area contributed by atoms with Gasteiger partial charge >= 0.3 is 0 Å². The van der Waals surface area contributed by atoms with Gasteiger partial charge in [-0.05, 0) is 48.9 Å². The van der Waals surface area contributed by atoms with E-state index in [-0.39, 0.29) is 0 Å². The summed E-state index contributed by atoms with van der Waals surface area (Å²) in [6.07, 6.45) is 7.51. The fraction of sp³-hybridized carbons (Fsp3) is 1.00. The molecule has 0 saturated heterocycles. The van der Waals surface area contributed by atoms with E-state index >= 15 is 0 Å². The van der Waals surface area contributed by atoms with Crippen molar-refractivity contribution in [2.75, 3.05) is 0 Å². The van der Waals surface area contributed by atoms with Crippen molar-refractivity contribution in [1.82, 2.24) is 0 Å². The average molecular weight is 166 g/mol. The zero-order valence-electron chi connectivity index (χ0n) is 8.77. The van der Waals surface area contributed by atoms with Crippen molar-refractivity contribution in [2.24, 2.45) is 23.2 Å². The summed E-state index contributed by atoms with van der Waals surface area (Å²) in [6.45, 7) is 7.28. The first-order valence-electron chi connectivity index (χ1n) is 5.69. The van der Waals surface area contributed by atoms with Crippen LogP contribution >= 0.6 is 0 Å². The molecule has 2 saturated carbocycles. The van der Waals surface area contributed by atoms with Crippen molar-refractivity contribution in [1.29, 1.82) is 0 Å². The lowest BCUT2D eigenvalue weighted by Gasteiger charge is -2.47. The van der Waals surface area contributed by atoms with Gasteiger partial charge in [0.2, 0.25) is 0 Å². The predicted molar refractivity (Wildman–Crippen MR) is 53.0 cm³/mol. The molecule has 0 amide bonds. The summed E-state index contributed by atoms with van der Waals surface area (Å²) in [5.41, 5.74) is 0.827. The molecule has 4 atom stereocenters. The third-order valence-electron chi connectivity index (χ3n) is 4.75. The molecule has 0 spiro atoms. The van der Waals surface area contributed by atoms with Crippen LogP contribution < -0.4 is 0 Å². The number of hydrogen-bond acceptors (Lipinski definition) is 0. The Morgan fingerprint density at radius 3 is 2.50 bits per heavy atom. The van der Waals surface area contributed by atoms with E-state index in [1.54, 1.807) is 6.42 Å². The normalized spacial score (nSPS) is 51.8.